The molecule has 190 valence electrons. The molecule has 34 heavy (non-hydrogen) atoms. The Morgan fingerprint density at radius 1 is 1.24 bits per heavy atom. The Hall–Kier alpha value is -1.34. The molecule has 0 radical (unpaired) electrons. The first-order chi connectivity index (χ1) is 16.0. The average molecular weight is 493 g/mol. The molecule has 2 unspecified atom stereocenters. The van der Waals surface area contributed by atoms with Gasteiger partial charge in [0.1, 0.15) is 0 Å². The van der Waals surface area contributed by atoms with E-state index < -0.39 is 11.8 Å². The van der Waals surface area contributed by atoms with Crippen LogP contribution in [-0.4, -0.2) is 41.8 Å². The number of halogens is 1. The molecule has 0 saturated heterocycles. The van der Waals surface area contributed by atoms with Gasteiger partial charge in [-0.05, 0) is 67.6 Å². The van der Waals surface area contributed by atoms with Crippen LogP contribution < -0.4 is 10.6 Å². The quantitative estimate of drug-likeness (QED) is 0.389. The third-order valence-corrected chi connectivity index (χ3v) is 8.89. The van der Waals surface area contributed by atoms with Crippen LogP contribution in [-0.2, 0) is 16.7 Å². The molecule has 1 aromatic carbocycles. The molecular weight excluding hydrogens is 452 g/mol. The molecule has 4 aliphatic rings. The summed E-state index contributed by atoms with van der Waals surface area (Å²) in [5.74, 6) is -0.0711. The third kappa shape index (κ3) is 4.71. The third-order valence-electron chi connectivity index (χ3n) is 8.54. The second-order valence-corrected chi connectivity index (χ2v) is 12.7. The highest BCUT2D eigenvalue weighted by atomic mass is 35.5. The van der Waals surface area contributed by atoms with Gasteiger partial charge in [-0.15, -0.1) is 0 Å². The van der Waals surface area contributed by atoms with Crippen molar-refractivity contribution in [3.63, 3.8) is 0 Å². The van der Waals surface area contributed by atoms with Gasteiger partial charge >= 0.3 is 6.03 Å². The number of aliphatic hydroxyl groups excluding tert-OH is 2. The van der Waals surface area contributed by atoms with Crippen LogP contribution in [0.25, 0.3) is 0 Å². The fraction of sp³-hybridized carbons (Fsp3) is 0.741. The number of aliphatic hydroxyl groups is 2. The lowest BCUT2D eigenvalue weighted by Crippen LogP contribution is -2.79. The molecule has 2 amide bonds. The molecule has 6 nitrogen and oxygen atoms in total. The van der Waals surface area contributed by atoms with E-state index in [1.54, 1.807) is 0 Å². The molecule has 4 saturated carbocycles. The summed E-state index contributed by atoms with van der Waals surface area (Å²) in [6.45, 7) is 6.69. The number of ether oxygens (including phenoxy) is 1. The smallest absolute Gasteiger partial charge is 0.315 e. The predicted octanol–water partition coefficient (Wildman–Crippen LogP) is 4.88. The summed E-state index contributed by atoms with van der Waals surface area (Å²) in [4.78, 5) is 13.3. The van der Waals surface area contributed by atoms with Crippen LogP contribution in [0, 0.1) is 16.7 Å². The topological polar surface area (TPSA) is 90.8 Å². The Balaban J connectivity index is 1.51. The largest absolute Gasteiger partial charge is 0.396 e. The lowest BCUT2D eigenvalue weighted by Gasteiger charge is -2.71. The first-order valence-corrected chi connectivity index (χ1v) is 13.1. The van der Waals surface area contributed by atoms with Gasteiger partial charge in [0.05, 0.1) is 5.54 Å². The van der Waals surface area contributed by atoms with E-state index in [2.05, 4.69) is 43.5 Å². The van der Waals surface area contributed by atoms with E-state index in [-0.39, 0.29) is 34.9 Å². The molecule has 4 fully saturated rings. The van der Waals surface area contributed by atoms with Gasteiger partial charge in [-0.1, -0.05) is 57.3 Å². The van der Waals surface area contributed by atoms with E-state index >= 15 is 0 Å². The Kier molecular flexibility index (Phi) is 7.02. The molecule has 0 spiro atoms. The summed E-state index contributed by atoms with van der Waals surface area (Å²) in [6, 6.07) is 5.96. The average Bonchev–Trinajstić information content (AvgIpc) is 2.73. The minimum Gasteiger partial charge on any atom is -0.396 e. The maximum atomic E-state index is 13.3. The van der Waals surface area contributed by atoms with Crippen LogP contribution in [0.3, 0.4) is 0 Å². The highest BCUT2D eigenvalue weighted by molar-refractivity contribution is 6.31. The number of rotatable bonds is 8. The number of carbonyl (C=O) groups excluding carboxylic acids is 1. The van der Waals surface area contributed by atoms with Crippen molar-refractivity contribution in [2.45, 2.75) is 95.9 Å². The van der Waals surface area contributed by atoms with Crippen LogP contribution in [0.5, 0.6) is 0 Å². The maximum absolute atomic E-state index is 13.3. The number of methoxy groups -OCH3 is 1. The van der Waals surface area contributed by atoms with Crippen LogP contribution in [0.4, 0.5) is 4.79 Å². The van der Waals surface area contributed by atoms with E-state index in [9.17, 15) is 15.0 Å². The Labute approximate surface area is 208 Å². The molecule has 5 rings (SSSR count). The number of aryl methyl sites for hydroxylation is 1. The monoisotopic (exact) mass is 492 g/mol. The lowest BCUT2D eigenvalue weighted by molar-refractivity contribution is -0.284. The van der Waals surface area contributed by atoms with Gasteiger partial charge in [0.25, 0.3) is 0 Å². The van der Waals surface area contributed by atoms with Crippen molar-refractivity contribution in [2.24, 2.45) is 16.7 Å². The highest BCUT2D eigenvalue weighted by Crippen LogP contribution is 2.68. The first-order valence-electron chi connectivity index (χ1n) is 12.7. The molecular formula is C27H41ClN2O4. The van der Waals surface area contributed by atoms with Gasteiger partial charge in [0.2, 0.25) is 0 Å². The molecule has 7 heteroatoms. The first kappa shape index (κ1) is 25.7. The summed E-state index contributed by atoms with van der Waals surface area (Å²) in [5.41, 5.74) is 1.18. The Morgan fingerprint density at radius 3 is 2.53 bits per heavy atom. The lowest BCUT2D eigenvalue weighted by atomic mass is 9.39. The standard InChI is InChI=1S/C27H41ClN2O4/c1-24(2,3)12-10-18-8-9-19(13-21(18)28)27(11-6-5-7-20(27)14-31)30-23(33)29-26-15-25(16-26,17-26)22(32)34-4/h8-9,13,20,22,31-32H,5-7,10-12,14-17H2,1-4H3,(H2,29,30,33)/t20?,22?,25?,26?,27-/m0/s1. The summed E-state index contributed by atoms with van der Waals surface area (Å²) in [5, 5.41) is 27.6. The van der Waals surface area contributed by atoms with Crippen LogP contribution in [0.2, 0.25) is 5.02 Å². The number of benzene rings is 1. The maximum Gasteiger partial charge on any atom is 0.315 e. The summed E-state index contributed by atoms with van der Waals surface area (Å²) in [7, 11) is 1.51. The van der Waals surface area contributed by atoms with E-state index in [0.29, 0.717) is 0 Å². The van der Waals surface area contributed by atoms with Crippen molar-refractivity contribution >= 4 is 17.6 Å². The van der Waals surface area contributed by atoms with Crippen LogP contribution >= 0.6 is 11.6 Å². The number of amides is 2. The minimum absolute atomic E-state index is 0.0119. The normalized spacial score (nSPS) is 33.4. The zero-order chi connectivity index (χ0) is 24.8. The predicted molar refractivity (Wildman–Crippen MR) is 134 cm³/mol. The molecule has 0 aliphatic heterocycles. The van der Waals surface area contributed by atoms with Crippen molar-refractivity contribution in [2.75, 3.05) is 13.7 Å². The van der Waals surface area contributed by atoms with Gasteiger partial charge < -0.3 is 25.6 Å². The van der Waals surface area contributed by atoms with Crippen LogP contribution in [0.1, 0.15) is 83.3 Å². The van der Waals surface area contributed by atoms with E-state index in [1.807, 2.05) is 6.07 Å². The van der Waals surface area contributed by atoms with E-state index in [0.717, 1.165) is 73.9 Å². The number of hydrogen-bond acceptors (Lipinski definition) is 4. The molecule has 0 aromatic heterocycles. The molecule has 3 atom stereocenters. The number of urea groups is 1. The van der Waals surface area contributed by atoms with E-state index in [1.165, 1.54) is 7.11 Å². The SMILES string of the molecule is COC(O)C12CC(NC(=O)N[C@]3(c4ccc(CCC(C)(C)C)c(Cl)c4)CCCCC3CO)(C1)C2. The van der Waals surface area contributed by atoms with Crippen molar-refractivity contribution in [1.29, 1.82) is 0 Å². The number of hydrogen-bond donors (Lipinski definition) is 4. The van der Waals surface area contributed by atoms with Crippen LogP contribution in [0.15, 0.2) is 18.2 Å². The van der Waals surface area contributed by atoms with Crippen molar-refractivity contribution < 1.29 is 19.7 Å². The number of carbonyl (C=O) groups is 1. The fourth-order valence-corrected chi connectivity index (χ4v) is 6.91. The van der Waals surface area contributed by atoms with E-state index in [4.69, 9.17) is 16.3 Å². The zero-order valence-corrected chi connectivity index (χ0v) is 21.8. The number of nitrogens with one attached hydrogen (secondary N) is 2. The highest BCUT2D eigenvalue weighted by Gasteiger charge is 2.72. The van der Waals surface area contributed by atoms with Gasteiger partial charge in [-0.2, -0.15) is 0 Å². The van der Waals surface area contributed by atoms with Gasteiger partial charge in [-0.3, -0.25) is 0 Å². The Bertz CT molecular complexity index is 895. The molecule has 4 N–H and O–H groups in total. The van der Waals surface area contributed by atoms with Crippen molar-refractivity contribution in [3.05, 3.63) is 34.3 Å². The fourth-order valence-electron chi connectivity index (χ4n) is 6.63. The molecule has 2 bridgehead atoms. The summed E-state index contributed by atoms with van der Waals surface area (Å²) in [6.07, 6.45) is 7.00. The Morgan fingerprint density at radius 2 is 1.94 bits per heavy atom. The molecule has 4 aliphatic carbocycles. The summed E-state index contributed by atoms with van der Waals surface area (Å²) >= 11 is 6.74. The zero-order valence-electron chi connectivity index (χ0n) is 21.0. The van der Waals surface area contributed by atoms with Gasteiger partial charge in [-0.25, -0.2) is 4.79 Å². The summed E-state index contributed by atoms with van der Waals surface area (Å²) < 4.78 is 5.11. The molecule has 0 heterocycles. The minimum atomic E-state index is -0.776. The van der Waals surface area contributed by atoms with Gasteiger partial charge in [0.15, 0.2) is 6.29 Å². The van der Waals surface area contributed by atoms with Gasteiger partial charge in [0, 0.05) is 35.6 Å². The molecule has 1 aromatic rings. The van der Waals surface area contributed by atoms with Crippen molar-refractivity contribution in [3.8, 4) is 0 Å². The second-order valence-electron chi connectivity index (χ2n) is 12.3. The van der Waals surface area contributed by atoms with Crippen molar-refractivity contribution in [1.82, 2.24) is 10.6 Å². The second kappa shape index (κ2) is 9.27.